The lowest BCUT2D eigenvalue weighted by molar-refractivity contribution is -0.231. The molecular weight excluding hydrogens is 304 g/mol. The predicted octanol–water partition coefficient (Wildman–Crippen LogP) is 0.894. The zero-order chi connectivity index (χ0) is 16.6. The number of hydrogen-bond donors (Lipinski definition) is 2. The maximum absolute atomic E-state index is 11.1. The number of aliphatic hydroxyl groups is 1. The van der Waals surface area contributed by atoms with Gasteiger partial charge in [0, 0.05) is 0 Å². The summed E-state index contributed by atoms with van der Waals surface area (Å²) < 4.78 is 22.7. The Kier molecular flexibility index (Phi) is 4.39. The van der Waals surface area contributed by atoms with Crippen molar-refractivity contribution in [3.63, 3.8) is 0 Å². The molecule has 1 aromatic rings. The molecule has 3 rings (SSSR count). The van der Waals surface area contributed by atoms with Crippen molar-refractivity contribution in [3.8, 4) is 0 Å². The highest BCUT2D eigenvalue weighted by molar-refractivity contribution is 5.73. The van der Waals surface area contributed by atoms with E-state index in [0.29, 0.717) is 0 Å². The van der Waals surface area contributed by atoms with Crippen LogP contribution >= 0.6 is 0 Å². The van der Waals surface area contributed by atoms with Gasteiger partial charge in [-0.3, -0.25) is 0 Å². The van der Waals surface area contributed by atoms with Crippen molar-refractivity contribution in [1.82, 2.24) is 0 Å². The monoisotopic (exact) mass is 324 g/mol. The molecule has 0 amide bonds. The average molecular weight is 324 g/mol. The normalized spacial score (nSPS) is 33.3. The van der Waals surface area contributed by atoms with Gasteiger partial charge in [-0.05, 0) is 19.4 Å². The van der Waals surface area contributed by atoms with Crippen molar-refractivity contribution in [3.05, 3.63) is 35.9 Å². The van der Waals surface area contributed by atoms with Crippen LogP contribution in [0.4, 0.5) is 0 Å². The molecule has 0 aliphatic carbocycles. The second kappa shape index (κ2) is 6.18. The third-order valence-corrected chi connectivity index (χ3v) is 3.88. The predicted molar refractivity (Wildman–Crippen MR) is 77.4 cm³/mol. The van der Waals surface area contributed by atoms with Crippen LogP contribution < -0.4 is 0 Å². The van der Waals surface area contributed by atoms with E-state index < -0.39 is 42.5 Å². The summed E-state index contributed by atoms with van der Waals surface area (Å²) in [5, 5.41) is 18.9. The smallest absolute Gasteiger partial charge is 0.335 e. The molecule has 2 aliphatic heterocycles. The van der Waals surface area contributed by atoms with Crippen LogP contribution in [0.3, 0.4) is 0 Å². The standard InChI is InChI=1S/C16H20O7/c1-16(2)22-13-12(20-8-9-6-4-3-5-7-9)11(10(17)14(18)19)21-15(13)23-16/h3-7,10-13,15,17H,8H2,1-2H3,(H,18,19). The van der Waals surface area contributed by atoms with Gasteiger partial charge in [0.25, 0.3) is 0 Å². The third kappa shape index (κ3) is 3.39. The van der Waals surface area contributed by atoms with Crippen LogP contribution in [-0.2, 0) is 30.3 Å². The van der Waals surface area contributed by atoms with Gasteiger partial charge >= 0.3 is 5.97 Å². The fourth-order valence-electron chi connectivity index (χ4n) is 2.86. The van der Waals surface area contributed by atoms with E-state index in [-0.39, 0.29) is 6.61 Å². The van der Waals surface area contributed by atoms with Crippen LogP contribution in [0.5, 0.6) is 0 Å². The number of carboxylic acids is 1. The minimum absolute atomic E-state index is 0.255. The second-order valence-corrected chi connectivity index (χ2v) is 6.11. The summed E-state index contributed by atoms with van der Waals surface area (Å²) >= 11 is 0. The van der Waals surface area contributed by atoms with Crippen LogP contribution in [-0.4, -0.2) is 52.7 Å². The van der Waals surface area contributed by atoms with Crippen LogP contribution in [0.15, 0.2) is 30.3 Å². The highest BCUT2D eigenvalue weighted by Gasteiger charge is 2.58. The van der Waals surface area contributed by atoms with E-state index in [1.165, 1.54) is 0 Å². The van der Waals surface area contributed by atoms with Crippen molar-refractivity contribution in [2.45, 2.75) is 56.9 Å². The first-order chi connectivity index (χ1) is 10.9. The first-order valence-electron chi connectivity index (χ1n) is 7.45. The van der Waals surface area contributed by atoms with Gasteiger partial charge in [0.1, 0.15) is 18.3 Å². The molecule has 0 bridgehead atoms. The van der Waals surface area contributed by atoms with Crippen LogP contribution in [0, 0.1) is 0 Å². The van der Waals surface area contributed by atoms with E-state index in [1.807, 2.05) is 30.3 Å². The van der Waals surface area contributed by atoms with Crippen LogP contribution in [0.25, 0.3) is 0 Å². The zero-order valence-electron chi connectivity index (χ0n) is 12.9. The average Bonchev–Trinajstić information content (AvgIpc) is 2.97. The first kappa shape index (κ1) is 16.4. The molecule has 126 valence electrons. The summed E-state index contributed by atoms with van der Waals surface area (Å²) in [5.41, 5.74) is 0.928. The molecule has 2 N–H and O–H groups in total. The molecule has 5 atom stereocenters. The second-order valence-electron chi connectivity index (χ2n) is 6.11. The van der Waals surface area contributed by atoms with E-state index in [9.17, 15) is 9.90 Å². The maximum Gasteiger partial charge on any atom is 0.335 e. The molecule has 2 aliphatic rings. The molecule has 2 fully saturated rings. The Morgan fingerprint density at radius 3 is 2.65 bits per heavy atom. The lowest BCUT2D eigenvalue weighted by atomic mass is 10.1. The van der Waals surface area contributed by atoms with Crippen molar-refractivity contribution in [2.75, 3.05) is 0 Å². The van der Waals surface area contributed by atoms with E-state index >= 15 is 0 Å². The van der Waals surface area contributed by atoms with E-state index in [2.05, 4.69) is 0 Å². The van der Waals surface area contributed by atoms with Crippen LogP contribution in [0.1, 0.15) is 19.4 Å². The molecule has 2 saturated heterocycles. The Labute approximate surface area is 133 Å². The van der Waals surface area contributed by atoms with Gasteiger partial charge in [-0.1, -0.05) is 30.3 Å². The number of aliphatic carboxylic acids is 1. The van der Waals surface area contributed by atoms with E-state index in [1.54, 1.807) is 13.8 Å². The fraction of sp³-hybridized carbons (Fsp3) is 0.562. The molecule has 5 unspecified atom stereocenters. The Balaban J connectivity index is 1.75. The van der Waals surface area contributed by atoms with Gasteiger partial charge < -0.3 is 29.2 Å². The minimum atomic E-state index is -1.71. The highest BCUT2D eigenvalue weighted by Crippen LogP contribution is 2.39. The first-order valence-corrected chi connectivity index (χ1v) is 7.45. The lowest BCUT2D eigenvalue weighted by Crippen LogP contribution is -2.45. The number of benzene rings is 1. The molecular formula is C16H20O7. The molecule has 2 heterocycles. The fourth-order valence-corrected chi connectivity index (χ4v) is 2.86. The molecule has 23 heavy (non-hydrogen) atoms. The molecule has 0 radical (unpaired) electrons. The minimum Gasteiger partial charge on any atom is -0.479 e. The van der Waals surface area contributed by atoms with E-state index in [4.69, 9.17) is 24.1 Å². The molecule has 1 aromatic carbocycles. The molecule has 7 heteroatoms. The van der Waals surface area contributed by atoms with Gasteiger partial charge in [0.05, 0.1) is 6.61 Å². The largest absolute Gasteiger partial charge is 0.479 e. The summed E-state index contributed by atoms with van der Waals surface area (Å²) in [4.78, 5) is 11.1. The summed E-state index contributed by atoms with van der Waals surface area (Å²) in [5.74, 6) is -2.22. The lowest BCUT2D eigenvalue weighted by Gasteiger charge is -2.27. The van der Waals surface area contributed by atoms with Crippen molar-refractivity contribution in [1.29, 1.82) is 0 Å². The van der Waals surface area contributed by atoms with Gasteiger partial charge in [0.15, 0.2) is 18.2 Å². The van der Waals surface area contributed by atoms with Gasteiger partial charge in [-0.2, -0.15) is 0 Å². The van der Waals surface area contributed by atoms with Gasteiger partial charge in [-0.15, -0.1) is 0 Å². The van der Waals surface area contributed by atoms with Gasteiger partial charge in [-0.25, -0.2) is 4.79 Å². The number of rotatable bonds is 5. The van der Waals surface area contributed by atoms with Crippen molar-refractivity contribution < 1.29 is 34.0 Å². The summed E-state index contributed by atoms with van der Waals surface area (Å²) in [7, 11) is 0. The van der Waals surface area contributed by atoms with Crippen LogP contribution in [0.2, 0.25) is 0 Å². The topological polar surface area (TPSA) is 94.5 Å². The molecule has 0 aromatic heterocycles. The number of aliphatic hydroxyl groups excluding tert-OH is 1. The number of hydrogen-bond acceptors (Lipinski definition) is 6. The Morgan fingerprint density at radius 2 is 2.00 bits per heavy atom. The number of carboxylic acid groups (broad SMARTS) is 1. The van der Waals surface area contributed by atoms with E-state index in [0.717, 1.165) is 5.56 Å². The number of carbonyl (C=O) groups is 1. The van der Waals surface area contributed by atoms with Crippen molar-refractivity contribution in [2.24, 2.45) is 0 Å². The Bertz CT molecular complexity index is 559. The maximum atomic E-state index is 11.1. The summed E-state index contributed by atoms with van der Waals surface area (Å²) in [6, 6.07) is 9.45. The SMILES string of the molecule is CC1(C)OC2OC(C(O)C(=O)O)C(OCc3ccccc3)C2O1. The zero-order valence-corrected chi connectivity index (χ0v) is 12.9. The molecule has 7 nitrogen and oxygen atoms in total. The summed E-state index contributed by atoms with van der Waals surface area (Å²) in [6.45, 7) is 3.74. The number of ether oxygens (including phenoxy) is 4. The van der Waals surface area contributed by atoms with Crippen molar-refractivity contribution >= 4 is 5.97 Å². The number of fused-ring (bicyclic) bond motifs is 1. The molecule has 0 spiro atoms. The Hall–Kier alpha value is -1.51. The molecule has 0 saturated carbocycles. The summed E-state index contributed by atoms with van der Waals surface area (Å²) in [6.07, 6.45) is -4.86. The van der Waals surface area contributed by atoms with Gasteiger partial charge in [0.2, 0.25) is 0 Å². The quantitative estimate of drug-likeness (QED) is 0.830. The third-order valence-electron chi connectivity index (χ3n) is 3.88. The Morgan fingerprint density at radius 1 is 1.30 bits per heavy atom. The highest BCUT2D eigenvalue weighted by atomic mass is 16.8.